The summed E-state index contributed by atoms with van der Waals surface area (Å²) in [5.74, 6) is 1.80. The van der Waals surface area contributed by atoms with Gasteiger partial charge in [0, 0.05) is 13.1 Å². The van der Waals surface area contributed by atoms with Gasteiger partial charge in [0.2, 0.25) is 5.88 Å². The molecule has 0 bridgehead atoms. The van der Waals surface area contributed by atoms with Crippen LogP contribution in [0.3, 0.4) is 0 Å². The highest BCUT2D eigenvalue weighted by atomic mass is 19.1. The molecule has 0 atom stereocenters. The van der Waals surface area contributed by atoms with Gasteiger partial charge in [-0.25, -0.2) is 9.37 Å². The molecule has 0 aliphatic heterocycles. The maximum absolute atomic E-state index is 13.1. The van der Waals surface area contributed by atoms with Gasteiger partial charge in [0.15, 0.2) is 0 Å². The van der Waals surface area contributed by atoms with Crippen LogP contribution in [0, 0.1) is 19.7 Å². The highest BCUT2D eigenvalue weighted by molar-refractivity contribution is 5.49. The van der Waals surface area contributed by atoms with E-state index in [1.165, 1.54) is 12.1 Å². The van der Waals surface area contributed by atoms with Gasteiger partial charge in [-0.15, -0.1) is 0 Å². The van der Waals surface area contributed by atoms with E-state index in [4.69, 9.17) is 4.74 Å². The lowest BCUT2D eigenvalue weighted by atomic mass is 10.3. The highest BCUT2D eigenvalue weighted by Gasteiger charge is 2.10. The monoisotopic (exact) mass is 247 g/mol. The molecule has 5 heteroatoms. The van der Waals surface area contributed by atoms with Crippen LogP contribution in [-0.4, -0.2) is 17.0 Å². The molecule has 0 aliphatic rings. The molecule has 18 heavy (non-hydrogen) atoms. The van der Waals surface area contributed by atoms with E-state index in [-0.39, 0.29) is 5.82 Å². The maximum atomic E-state index is 13.1. The summed E-state index contributed by atoms with van der Waals surface area (Å²) in [4.78, 5) is 8.45. The third kappa shape index (κ3) is 2.56. The summed E-state index contributed by atoms with van der Waals surface area (Å²) in [6.45, 7) is 3.62. The van der Waals surface area contributed by atoms with E-state index in [9.17, 15) is 4.39 Å². The van der Waals surface area contributed by atoms with Crippen LogP contribution in [0.2, 0.25) is 0 Å². The number of aromatic nitrogens is 2. The minimum Gasteiger partial charge on any atom is -0.438 e. The van der Waals surface area contributed by atoms with Crippen molar-refractivity contribution in [1.29, 1.82) is 0 Å². The number of anilines is 1. The molecule has 0 radical (unpaired) electrons. The fourth-order valence-electron chi connectivity index (χ4n) is 1.59. The summed E-state index contributed by atoms with van der Waals surface area (Å²) < 4.78 is 18.7. The summed E-state index contributed by atoms with van der Waals surface area (Å²) in [5.41, 5.74) is 0.785. The van der Waals surface area contributed by atoms with Crippen molar-refractivity contribution in [2.75, 3.05) is 12.4 Å². The zero-order valence-electron chi connectivity index (χ0n) is 10.5. The Morgan fingerprint density at radius 2 is 2.00 bits per heavy atom. The number of hydrogen-bond donors (Lipinski definition) is 1. The molecular weight excluding hydrogens is 233 g/mol. The van der Waals surface area contributed by atoms with E-state index < -0.39 is 0 Å². The first-order valence-electron chi connectivity index (χ1n) is 5.56. The van der Waals surface area contributed by atoms with Crippen LogP contribution < -0.4 is 10.1 Å². The first-order chi connectivity index (χ1) is 8.60. The van der Waals surface area contributed by atoms with Crippen molar-refractivity contribution < 1.29 is 9.13 Å². The van der Waals surface area contributed by atoms with E-state index in [1.807, 2.05) is 6.92 Å². The van der Waals surface area contributed by atoms with E-state index in [2.05, 4.69) is 15.3 Å². The number of nitrogens with zero attached hydrogens (tertiary/aromatic N) is 2. The molecule has 94 valence electrons. The van der Waals surface area contributed by atoms with Crippen LogP contribution >= 0.6 is 0 Å². The van der Waals surface area contributed by atoms with Crippen molar-refractivity contribution in [3.05, 3.63) is 41.5 Å². The van der Waals surface area contributed by atoms with Crippen LogP contribution in [0.1, 0.15) is 11.4 Å². The fourth-order valence-corrected chi connectivity index (χ4v) is 1.59. The summed E-state index contributed by atoms with van der Waals surface area (Å²) in [6.07, 6.45) is 0. The van der Waals surface area contributed by atoms with Gasteiger partial charge in [0.05, 0.1) is 5.56 Å². The lowest BCUT2D eigenvalue weighted by molar-refractivity contribution is 0.451. The van der Waals surface area contributed by atoms with Crippen molar-refractivity contribution in [2.45, 2.75) is 13.8 Å². The normalized spacial score (nSPS) is 10.2. The molecule has 0 saturated heterocycles. The standard InChI is InChI=1S/C13H14FN3O/c1-8-12(15-3)16-9(2)17-13(8)18-11-6-4-5-10(14)7-11/h4-7H,1-3H3,(H,15,16,17). The van der Waals surface area contributed by atoms with E-state index in [0.29, 0.717) is 23.3 Å². The van der Waals surface area contributed by atoms with Crippen molar-refractivity contribution in [1.82, 2.24) is 9.97 Å². The quantitative estimate of drug-likeness (QED) is 0.905. The average molecular weight is 247 g/mol. The summed E-state index contributed by atoms with van der Waals surface area (Å²) in [7, 11) is 1.78. The fraction of sp³-hybridized carbons (Fsp3) is 0.231. The topological polar surface area (TPSA) is 47.0 Å². The Morgan fingerprint density at radius 1 is 1.22 bits per heavy atom. The SMILES string of the molecule is CNc1nc(C)nc(Oc2cccc(F)c2)c1C. The number of ether oxygens (including phenoxy) is 1. The number of aryl methyl sites for hydroxylation is 1. The molecule has 0 amide bonds. The zero-order valence-corrected chi connectivity index (χ0v) is 10.5. The van der Waals surface area contributed by atoms with Gasteiger partial charge in [0.25, 0.3) is 0 Å². The van der Waals surface area contributed by atoms with Gasteiger partial charge < -0.3 is 10.1 Å². The Kier molecular flexibility index (Phi) is 3.41. The second-order valence-electron chi connectivity index (χ2n) is 3.86. The Morgan fingerprint density at radius 3 is 2.67 bits per heavy atom. The highest BCUT2D eigenvalue weighted by Crippen LogP contribution is 2.26. The lowest BCUT2D eigenvalue weighted by Gasteiger charge is -2.11. The maximum Gasteiger partial charge on any atom is 0.227 e. The molecule has 1 aromatic carbocycles. The summed E-state index contributed by atoms with van der Waals surface area (Å²) in [6, 6.07) is 5.95. The third-order valence-electron chi connectivity index (χ3n) is 2.46. The van der Waals surface area contributed by atoms with Crippen LogP contribution in [0.15, 0.2) is 24.3 Å². The molecular formula is C13H14FN3O. The third-order valence-corrected chi connectivity index (χ3v) is 2.46. The molecule has 2 rings (SSSR count). The van der Waals surface area contributed by atoms with Crippen LogP contribution in [0.25, 0.3) is 0 Å². The number of halogens is 1. The smallest absolute Gasteiger partial charge is 0.227 e. The van der Waals surface area contributed by atoms with Gasteiger partial charge in [0.1, 0.15) is 23.2 Å². The summed E-state index contributed by atoms with van der Waals surface area (Å²) in [5, 5.41) is 2.97. The molecule has 0 unspecified atom stereocenters. The second-order valence-corrected chi connectivity index (χ2v) is 3.86. The minimum absolute atomic E-state index is 0.343. The molecule has 0 spiro atoms. The Bertz CT molecular complexity index is 572. The average Bonchev–Trinajstić information content (AvgIpc) is 2.33. The molecule has 1 aromatic heterocycles. The molecule has 0 aliphatic carbocycles. The van der Waals surface area contributed by atoms with Crippen molar-refractivity contribution in [3.63, 3.8) is 0 Å². The van der Waals surface area contributed by atoms with E-state index >= 15 is 0 Å². The van der Waals surface area contributed by atoms with E-state index in [0.717, 1.165) is 5.56 Å². The molecule has 0 fully saturated rings. The molecule has 4 nitrogen and oxygen atoms in total. The van der Waals surface area contributed by atoms with Gasteiger partial charge in [-0.3, -0.25) is 0 Å². The predicted molar refractivity (Wildman–Crippen MR) is 67.5 cm³/mol. The Hall–Kier alpha value is -2.17. The number of hydrogen-bond acceptors (Lipinski definition) is 4. The first kappa shape index (κ1) is 12.3. The van der Waals surface area contributed by atoms with Gasteiger partial charge in [-0.1, -0.05) is 6.07 Å². The van der Waals surface area contributed by atoms with Gasteiger partial charge >= 0.3 is 0 Å². The first-order valence-corrected chi connectivity index (χ1v) is 5.56. The number of nitrogens with one attached hydrogen (secondary N) is 1. The Labute approximate surface area is 105 Å². The summed E-state index contributed by atoms with van der Waals surface area (Å²) >= 11 is 0. The molecule has 2 aromatic rings. The van der Waals surface area contributed by atoms with Crippen LogP contribution in [0.4, 0.5) is 10.2 Å². The predicted octanol–water partition coefficient (Wildman–Crippen LogP) is 3.07. The van der Waals surface area contributed by atoms with Crippen molar-refractivity contribution in [3.8, 4) is 11.6 Å². The van der Waals surface area contributed by atoms with Crippen LogP contribution in [0.5, 0.6) is 11.6 Å². The molecule has 1 N–H and O–H groups in total. The number of benzene rings is 1. The van der Waals surface area contributed by atoms with Gasteiger partial charge in [-0.05, 0) is 26.0 Å². The minimum atomic E-state index is -0.343. The number of rotatable bonds is 3. The van der Waals surface area contributed by atoms with Crippen molar-refractivity contribution in [2.24, 2.45) is 0 Å². The van der Waals surface area contributed by atoms with Crippen LogP contribution in [-0.2, 0) is 0 Å². The van der Waals surface area contributed by atoms with Crippen molar-refractivity contribution >= 4 is 5.82 Å². The largest absolute Gasteiger partial charge is 0.438 e. The molecule has 0 saturated carbocycles. The molecule has 1 heterocycles. The zero-order chi connectivity index (χ0) is 13.1. The second kappa shape index (κ2) is 5.00. The lowest BCUT2D eigenvalue weighted by Crippen LogP contribution is -2.02. The van der Waals surface area contributed by atoms with Gasteiger partial charge in [-0.2, -0.15) is 4.98 Å². The Balaban J connectivity index is 2.37. The van der Waals surface area contributed by atoms with E-state index in [1.54, 1.807) is 26.1 Å².